The molecule has 0 spiro atoms. The van der Waals surface area contributed by atoms with Crippen LogP contribution in [0.1, 0.15) is 61.3 Å². The highest BCUT2D eigenvalue weighted by Gasteiger charge is 2.35. The molecular weight excluding hydrogens is 538 g/mol. The third-order valence-corrected chi connectivity index (χ3v) is 7.44. The fourth-order valence-corrected chi connectivity index (χ4v) is 4.94. The molecular formula is C30H37N7O5. The van der Waals surface area contributed by atoms with Gasteiger partial charge in [-0.25, -0.2) is 4.68 Å². The highest BCUT2D eigenvalue weighted by atomic mass is 16.5. The number of methoxy groups -OCH3 is 1. The molecule has 3 unspecified atom stereocenters. The van der Waals surface area contributed by atoms with E-state index in [-0.39, 0.29) is 18.2 Å². The third kappa shape index (κ3) is 7.56. The number of ketones is 1. The largest absolute Gasteiger partial charge is 0.497 e. The Kier molecular flexibility index (Phi) is 10.4. The van der Waals surface area contributed by atoms with E-state index in [4.69, 9.17) is 4.74 Å². The molecule has 0 aliphatic carbocycles. The Morgan fingerprint density at radius 2 is 1.88 bits per heavy atom. The number of nitrogens with zero attached hydrogens (tertiary/aromatic N) is 5. The summed E-state index contributed by atoms with van der Waals surface area (Å²) in [6, 6.07) is 14.0. The Hall–Kier alpha value is -4.61. The van der Waals surface area contributed by atoms with E-state index in [1.54, 1.807) is 38.1 Å². The van der Waals surface area contributed by atoms with Gasteiger partial charge in [0.25, 0.3) is 5.91 Å². The summed E-state index contributed by atoms with van der Waals surface area (Å²) in [6.45, 7) is 3.72. The average Bonchev–Trinajstić information content (AvgIpc) is 3.35. The summed E-state index contributed by atoms with van der Waals surface area (Å²) in [5.74, 6) is -0.326. The van der Waals surface area contributed by atoms with Crippen LogP contribution < -0.4 is 15.4 Å². The highest BCUT2D eigenvalue weighted by Crippen LogP contribution is 2.18. The van der Waals surface area contributed by atoms with Gasteiger partial charge in [-0.3, -0.25) is 19.2 Å². The molecule has 4 rings (SSSR count). The summed E-state index contributed by atoms with van der Waals surface area (Å²) in [7, 11) is 1.52. The van der Waals surface area contributed by atoms with E-state index in [2.05, 4.69) is 26.2 Å². The van der Waals surface area contributed by atoms with Crippen LogP contribution in [0.25, 0.3) is 0 Å². The number of hydrogen-bond acceptors (Lipinski definition) is 8. The van der Waals surface area contributed by atoms with Crippen molar-refractivity contribution >= 4 is 23.5 Å². The number of Topliss-reactive ketones (excluding diaryl/α,β-unsaturated/α-hetero) is 1. The zero-order chi connectivity index (χ0) is 30.1. The van der Waals surface area contributed by atoms with Crippen LogP contribution >= 0.6 is 0 Å². The monoisotopic (exact) mass is 575 g/mol. The maximum absolute atomic E-state index is 13.5. The van der Waals surface area contributed by atoms with Crippen LogP contribution in [0.15, 0.2) is 54.6 Å². The number of likely N-dealkylation sites (tertiary alicyclic amines) is 1. The number of nitrogens with one attached hydrogen (secondary N) is 2. The number of amides is 3. The van der Waals surface area contributed by atoms with Gasteiger partial charge >= 0.3 is 0 Å². The minimum Gasteiger partial charge on any atom is -0.497 e. The highest BCUT2D eigenvalue weighted by molar-refractivity contribution is 5.99. The van der Waals surface area contributed by atoms with Gasteiger partial charge in [0.15, 0.2) is 11.6 Å². The molecule has 2 N–H and O–H groups in total. The van der Waals surface area contributed by atoms with Crippen molar-refractivity contribution in [2.45, 2.75) is 70.6 Å². The van der Waals surface area contributed by atoms with Gasteiger partial charge in [-0.05, 0) is 66.8 Å². The quantitative estimate of drug-likeness (QED) is 0.333. The fourth-order valence-electron chi connectivity index (χ4n) is 4.94. The summed E-state index contributed by atoms with van der Waals surface area (Å²) < 4.78 is 6.64. The molecule has 2 aromatic carbocycles. The number of hydrogen-bond donors (Lipinski definition) is 2. The van der Waals surface area contributed by atoms with E-state index in [9.17, 15) is 19.2 Å². The van der Waals surface area contributed by atoms with Crippen LogP contribution in [0.5, 0.6) is 5.75 Å². The molecule has 3 aromatic rings. The lowest BCUT2D eigenvalue weighted by Crippen LogP contribution is -2.56. The average molecular weight is 576 g/mol. The number of aromatic nitrogens is 4. The summed E-state index contributed by atoms with van der Waals surface area (Å²) in [4.78, 5) is 54.3. The fraction of sp³-hybridized carbons (Fsp3) is 0.433. The first-order valence-electron chi connectivity index (χ1n) is 14.2. The van der Waals surface area contributed by atoms with E-state index >= 15 is 0 Å². The van der Waals surface area contributed by atoms with Crippen molar-refractivity contribution in [2.24, 2.45) is 0 Å². The van der Waals surface area contributed by atoms with Crippen molar-refractivity contribution in [3.05, 3.63) is 71.5 Å². The second kappa shape index (κ2) is 14.3. The summed E-state index contributed by atoms with van der Waals surface area (Å²) in [5, 5.41) is 17.4. The molecule has 0 bridgehead atoms. The number of tetrazole rings is 1. The van der Waals surface area contributed by atoms with Gasteiger partial charge in [0, 0.05) is 18.5 Å². The van der Waals surface area contributed by atoms with Gasteiger partial charge in [0.1, 0.15) is 24.4 Å². The molecule has 42 heavy (non-hydrogen) atoms. The predicted octanol–water partition coefficient (Wildman–Crippen LogP) is 1.94. The molecule has 0 radical (unpaired) electrons. The minimum absolute atomic E-state index is 0.0939. The van der Waals surface area contributed by atoms with Crippen molar-refractivity contribution in [2.75, 3.05) is 13.7 Å². The first kappa shape index (κ1) is 30.4. The SMILES string of the molecule is CCC(NC(=O)C(C)N1CCCCC(NC(=O)c2cccc(OC)c2)C1=O)C(=O)Cn1nnnc1Cc1ccccc1. The normalized spacial score (nSPS) is 16.7. The van der Waals surface area contributed by atoms with Gasteiger partial charge in [-0.15, -0.1) is 5.10 Å². The number of carbonyl (C=O) groups is 4. The first-order valence-corrected chi connectivity index (χ1v) is 14.2. The molecule has 222 valence electrons. The number of rotatable bonds is 12. The van der Waals surface area contributed by atoms with Gasteiger partial charge in [0.2, 0.25) is 11.8 Å². The molecule has 1 aliphatic rings. The summed E-state index contributed by atoms with van der Waals surface area (Å²) in [6.07, 6.45) is 2.70. The second-order valence-electron chi connectivity index (χ2n) is 10.3. The van der Waals surface area contributed by atoms with Crippen LogP contribution in [-0.2, 0) is 27.3 Å². The molecule has 3 amide bonds. The van der Waals surface area contributed by atoms with Crippen molar-refractivity contribution < 1.29 is 23.9 Å². The molecule has 1 saturated heterocycles. The van der Waals surface area contributed by atoms with Crippen molar-refractivity contribution in [3.8, 4) is 5.75 Å². The smallest absolute Gasteiger partial charge is 0.252 e. The lowest BCUT2D eigenvalue weighted by atomic mass is 10.1. The van der Waals surface area contributed by atoms with Crippen molar-refractivity contribution in [1.82, 2.24) is 35.7 Å². The van der Waals surface area contributed by atoms with Crippen LogP contribution in [0.3, 0.4) is 0 Å². The lowest BCUT2D eigenvalue weighted by molar-refractivity contribution is -0.141. The number of carbonyl (C=O) groups excluding carboxylic acids is 4. The molecule has 0 saturated carbocycles. The van der Waals surface area contributed by atoms with Gasteiger partial charge in [-0.2, -0.15) is 0 Å². The van der Waals surface area contributed by atoms with Crippen molar-refractivity contribution in [3.63, 3.8) is 0 Å². The maximum atomic E-state index is 13.5. The molecule has 2 heterocycles. The zero-order valence-electron chi connectivity index (χ0n) is 24.2. The van der Waals surface area contributed by atoms with Crippen molar-refractivity contribution in [1.29, 1.82) is 0 Å². The molecule has 1 aliphatic heterocycles. The van der Waals surface area contributed by atoms with Gasteiger partial charge in [0.05, 0.1) is 13.2 Å². The number of benzene rings is 2. The Morgan fingerprint density at radius 3 is 2.62 bits per heavy atom. The summed E-state index contributed by atoms with van der Waals surface area (Å²) in [5.41, 5.74) is 1.39. The second-order valence-corrected chi connectivity index (χ2v) is 10.3. The zero-order valence-corrected chi connectivity index (χ0v) is 24.2. The van der Waals surface area contributed by atoms with Gasteiger partial charge in [-0.1, -0.05) is 43.3 Å². The van der Waals surface area contributed by atoms with E-state index in [0.29, 0.717) is 55.8 Å². The Morgan fingerprint density at radius 1 is 1.10 bits per heavy atom. The van der Waals surface area contributed by atoms with Crippen LogP contribution in [0.2, 0.25) is 0 Å². The molecule has 3 atom stereocenters. The Bertz CT molecular complexity index is 1390. The topological polar surface area (TPSA) is 148 Å². The van der Waals surface area contributed by atoms with Crippen LogP contribution in [0, 0.1) is 0 Å². The molecule has 12 heteroatoms. The Labute approximate surface area is 244 Å². The molecule has 1 aromatic heterocycles. The lowest BCUT2D eigenvalue weighted by Gasteiger charge is -2.30. The van der Waals surface area contributed by atoms with Crippen LogP contribution in [0.4, 0.5) is 0 Å². The maximum Gasteiger partial charge on any atom is 0.252 e. The standard InChI is InChI=1S/C30H37N7O5/c1-4-24(26(38)19-37-27(33-34-35-37)17-21-11-6-5-7-12-21)31-28(39)20(2)36-16-9-8-15-25(30(36)41)32-29(40)22-13-10-14-23(18-22)42-3/h5-7,10-14,18,20,24-25H,4,8-9,15-17,19H2,1-3H3,(H,31,39)(H,32,40). The van der Waals surface area contributed by atoms with Crippen LogP contribution in [-0.4, -0.2) is 80.4 Å². The van der Waals surface area contributed by atoms with E-state index < -0.39 is 29.9 Å². The minimum atomic E-state index is -0.838. The Balaban J connectivity index is 1.37. The third-order valence-electron chi connectivity index (χ3n) is 7.44. The number of ether oxygens (including phenoxy) is 1. The van der Waals surface area contributed by atoms with E-state index in [1.165, 1.54) is 16.7 Å². The van der Waals surface area contributed by atoms with E-state index in [0.717, 1.165) is 5.56 Å². The summed E-state index contributed by atoms with van der Waals surface area (Å²) >= 11 is 0. The predicted molar refractivity (Wildman–Crippen MR) is 154 cm³/mol. The van der Waals surface area contributed by atoms with E-state index in [1.807, 2.05) is 30.3 Å². The van der Waals surface area contributed by atoms with Gasteiger partial charge < -0.3 is 20.3 Å². The molecule has 12 nitrogen and oxygen atoms in total. The first-order chi connectivity index (χ1) is 20.3. The molecule has 1 fully saturated rings.